The van der Waals surface area contributed by atoms with Crippen LogP contribution in [0.25, 0.3) is 0 Å². The van der Waals surface area contributed by atoms with Crippen LogP contribution in [0, 0.1) is 13.8 Å². The molecule has 0 aliphatic rings. The van der Waals surface area contributed by atoms with E-state index in [9.17, 15) is 0 Å². The van der Waals surface area contributed by atoms with Crippen LogP contribution in [-0.4, -0.2) is 6.54 Å². The van der Waals surface area contributed by atoms with Gasteiger partial charge in [0.25, 0.3) is 0 Å². The van der Waals surface area contributed by atoms with Crippen molar-refractivity contribution < 1.29 is 4.39 Å². The maximum absolute atomic E-state index is 15.2. The van der Waals surface area contributed by atoms with E-state index in [4.69, 9.17) is 5.73 Å². The summed E-state index contributed by atoms with van der Waals surface area (Å²) in [7, 11) is 0. The van der Waals surface area contributed by atoms with Gasteiger partial charge in [-0.15, -0.1) is 0 Å². The minimum Gasteiger partial charge on any atom is -0.327 e. The van der Waals surface area contributed by atoms with Gasteiger partial charge in [-0.3, -0.25) is 0 Å². The zero-order chi connectivity index (χ0) is 13.9. The maximum Gasteiger partial charge on any atom is 0.152 e. The fourth-order valence-electron chi connectivity index (χ4n) is 2.44. The van der Waals surface area contributed by atoms with Crippen molar-refractivity contribution in [2.75, 3.05) is 6.54 Å². The maximum atomic E-state index is 15.2. The van der Waals surface area contributed by atoms with Gasteiger partial charge in [0.15, 0.2) is 5.67 Å². The van der Waals surface area contributed by atoms with Gasteiger partial charge in [0.05, 0.1) is 0 Å². The van der Waals surface area contributed by atoms with Crippen LogP contribution in [0.3, 0.4) is 0 Å². The van der Waals surface area contributed by atoms with Crippen molar-refractivity contribution in [3.8, 4) is 0 Å². The van der Waals surface area contributed by atoms with E-state index in [1.54, 1.807) is 12.1 Å². The van der Waals surface area contributed by atoms with E-state index in [2.05, 4.69) is 0 Å². The lowest BCUT2D eigenvalue weighted by Gasteiger charge is -2.26. The first-order chi connectivity index (χ1) is 9.07. The van der Waals surface area contributed by atoms with Crippen LogP contribution in [0.5, 0.6) is 0 Å². The first-order valence-electron chi connectivity index (χ1n) is 6.56. The molecule has 0 aliphatic heterocycles. The zero-order valence-electron chi connectivity index (χ0n) is 11.5. The SMILES string of the molecule is Cc1cccc(C)c1CC(F)(CN)c1ccccc1. The molecule has 2 heteroatoms. The van der Waals surface area contributed by atoms with Gasteiger partial charge < -0.3 is 5.73 Å². The molecule has 0 bridgehead atoms. The zero-order valence-corrected chi connectivity index (χ0v) is 11.5. The molecule has 0 amide bonds. The van der Waals surface area contributed by atoms with E-state index < -0.39 is 5.67 Å². The number of aryl methyl sites for hydroxylation is 2. The Kier molecular flexibility index (Phi) is 4.01. The average Bonchev–Trinajstić information content (AvgIpc) is 2.44. The monoisotopic (exact) mass is 257 g/mol. The summed E-state index contributed by atoms with van der Waals surface area (Å²) in [5, 5.41) is 0. The minimum atomic E-state index is -1.50. The lowest BCUT2D eigenvalue weighted by Crippen LogP contribution is -2.33. The third kappa shape index (κ3) is 2.85. The summed E-state index contributed by atoms with van der Waals surface area (Å²) >= 11 is 0. The molecule has 100 valence electrons. The molecule has 2 aromatic rings. The van der Waals surface area contributed by atoms with Gasteiger partial charge in [0, 0.05) is 13.0 Å². The molecule has 0 aromatic heterocycles. The van der Waals surface area contributed by atoms with E-state index in [-0.39, 0.29) is 6.54 Å². The molecule has 0 aliphatic carbocycles. The first kappa shape index (κ1) is 13.8. The summed E-state index contributed by atoms with van der Waals surface area (Å²) in [5.41, 5.74) is 8.15. The van der Waals surface area contributed by atoms with Gasteiger partial charge >= 0.3 is 0 Å². The fraction of sp³-hybridized carbons (Fsp3) is 0.294. The number of nitrogens with two attached hydrogens (primary N) is 1. The van der Waals surface area contributed by atoms with Gasteiger partial charge in [-0.25, -0.2) is 4.39 Å². The van der Waals surface area contributed by atoms with E-state index >= 15 is 4.39 Å². The van der Waals surface area contributed by atoms with Crippen molar-refractivity contribution in [1.29, 1.82) is 0 Å². The molecular weight excluding hydrogens is 237 g/mol. The van der Waals surface area contributed by atoms with Gasteiger partial charge in [0.1, 0.15) is 0 Å². The number of alkyl halides is 1. The molecule has 0 saturated carbocycles. The van der Waals surface area contributed by atoms with Crippen molar-refractivity contribution in [2.24, 2.45) is 5.73 Å². The molecule has 19 heavy (non-hydrogen) atoms. The van der Waals surface area contributed by atoms with Crippen LogP contribution in [0.2, 0.25) is 0 Å². The third-order valence-electron chi connectivity index (χ3n) is 3.72. The number of rotatable bonds is 4. The highest BCUT2D eigenvalue weighted by molar-refractivity contribution is 5.37. The molecule has 0 saturated heterocycles. The number of benzene rings is 2. The molecule has 0 fully saturated rings. The highest BCUT2D eigenvalue weighted by Crippen LogP contribution is 2.31. The Morgan fingerprint density at radius 1 is 0.947 bits per heavy atom. The van der Waals surface area contributed by atoms with Crippen molar-refractivity contribution >= 4 is 0 Å². The molecule has 2 aromatic carbocycles. The highest BCUT2D eigenvalue weighted by Gasteiger charge is 2.31. The number of hydrogen-bond acceptors (Lipinski definition) is 1. The molecule has 0 heterocycles. The smallest absolute Gasteiger partial charge is 0.152 e. The Balaban J connectivity index is 2.39. The summed E-state index contributed by atoms with van der Waals surface area (Å²) in [6.07, 6.45) is 0.325. The molecule has 0 radical (unpaired) electrons. The van der Waals surface area contributed by atoms with E-state index in [1.807, 2.05) is 50.2 Å². The Bertz CT molecular complexity index is 530. The van der Waals surface area contributed by atoms with E-state index in [0.717, 1.165) is 16.7 Å². The highest BCUT2D eigenvalue weighted by atomic mass is 19.1. The van der Waals surface area contributed by atoms with Crippen LogP contribution in [0.4, 0.5) is 4.39 Å². The van der Waals surface area contributed by atoms with Crippen LogP contribution >= 0.6 is 0 Å². The lowest BCUT2D eigenvalue weighted by molar-refractivity contribution is 0.174. The second kappa shape index (κ2) is 5.54. The number of halogens is 1. The third-order valence-corrected chi connectivity index (χ3v) is 3.72. The Morgan fingerprint density at radius 2 is 1.53 bits per heavy atom. The normalized spacial score (nSPS) is 14.1. The van der Waals surface area contributed by atoms with Crippen LogP contribution in [0.15, 0.2) is 48.5 Å². The second-order valence-corrected chi connectivity index (χ2v) is 5.08. The van der Waals surface area contributed by atoms with E-state index in [1.165, 1.54) is 0 Å². The average molecular weight is 257 g/mol. The summed E-state index contributed by atoms with van der Waals surface area (Å²) in [5.74, 6) is 0. The van der Waals surface area contributed by atoms with E-state index in [0.29, 0.717) is 12.0 Å². The van der Waals surface area contributed by atoms with Gasteiger partial charge in [-0.05, 0) is 36.1 Å². The number of hydrogen-bond donors (Lipinski definition) is 1. The van der Waals surface area contributed by atoms with Crippen molar-refractivity contribution in [3.63, 3.8) is 0 Å². The minimum absolute atomic E-state index is 0.00914. The van der Waals surface area contributed by atoms with Crippen LogP contribution in [0.1, 0.15) is 22.3 Å². The largest absolute Gasteiger partial charge is 0.327 e. The summed E-state index contributed by atoms with van der Waals surface area (Å²) in [6.45, 7) is 4.03. The summed E-state index contributed by atoms with van der Waals surface area (Å²) in [6, 6.07) is 15.2. The summed E-state index contributed by atoms with van der Waals surface area (Å²) < 4.78 is 15.2. The van der Waals surface area contributed by atoms with Crippen LogP contribution < -0.4 is 5.73 Å². The van der Waals surface area contributed by atoms with Crippen molar-refractivity contribution in [1.82, 2.24) is 0 Å². The Hall–Kier alpha value is -1.67. The quantitative estimate of drug-likeness (QED) is 0.888. The first-order valence-corrected chi connectivity index (χ1v) is 6.56. The summed E-state index contributed by atoms with van der Waals surface area (Å²) in [4.78, 5) is 0. The molecule has 2 N–H and O–H groups in total. The lowest BCUT2D eigenvalue weighted by atomic mass is 9.86. The predicted octanol–water partition coefficient (Wildman–Crippen LogP) is 3.67. The van der Waals surface area contributed by atoms with Crippen LogP contribution in [-0.2, 0) is 12.1 Å². The molecule has 1 unspecified atom stereocenters. The molecular formula is C17H20FN. The topological polar surface area (TPSA) is 26.0 Å². The molecule has 1 nitrogen and oxygen atoms in total. The van der Waals surface area contributed by atoms with Crippen molar-refractivity contribution in [3.05, 3.63) is 70.8 Å². The fourth-order valence-corrected chi connectivity index (χ4v) is 2.44. The molecule has 2 rings (SSSR count). The predicted molar refractivity (Wildman–Crippen MR) is 77.9 cm³/mol. The Morgan fingerprint density at radius 3 is 2.05 bits per heavy atom. The standard InChI is InChI=1S/C17H20FN/c1-13-7-6-8-14(2)16(13)11-17(18,12-19)15-9-4-3-5-10-15/h3-10H,11-12,19H2,1-2H3. The molecule has 1 atom stereocenters. The van der Waals surface area contributed by atoms with Crippen molar-refractivity contribution in [2.45, 2.75) is 25.9 Å². The second-order valence-electron chi connectivity index (χ2n) is 5.08. The van der Waals surface area contributed by atoms with Gasteiger partial charge in [-0.2, -0.15) is 0 Å². The molecule has 0 spiro atoms. The van der Waals surface area contributed by atoms with Gasteiger partial charge in [-0.1, -0.05) is 48.5 Å². The van der Waals surface area contributed by atoms with Gasteiger partial charge in [0.2, 0.25) is 0 Å². The Labute approximate surface area is 114 Å².